The number of carbonyl (C=O) groups excluding carboxylic acids is 1. The van der Waals surface area contributed by atoms with E-state index < -0.39 is 5.97 Å². The average molecular weight is 291 g/mol. The van der Waals surface area contributed by atoms with Crippen molar-refractivity contribution in [1.29, 1.82) is 0 Å². The fourth-order valence-electron chi connectivity index (χ4n) is 2.55. The zero-order valence-corrected chi connectivity index (χ0v) is 12.2. The van der Waals surface area contributed by atoms with Crippen LogP contribution in [0, 0.1) is 0 Å². The molecule has 5 nitrogen and oxygen atoms in total. The van der Waals surface area contributed by atoms with Crippen molar-refractivity contribution in [3.05, 3.63) is 35.4 Å². The molecule has 5 heteroatoms. The maximum atomic E-state index is 12.2. The van der Waals surface area contributed by atoms with Crippen LogP contribution in [0.3, 0.4) is 0 Å². The van der Waals surface area contributed by atoms with Gasteiger partial charge in [-0.05, 0) is 24.0 Å². The zero-order chi connectivity index (χ0) is 15.2. The number of rotatable bonds is 6. The lowest BCUT2D eigenvalue weighted by Gasteiger charge is -2.27. The molecule has 21 heavy (non-hydrogen) atoms. The molecule has 0 bridgehead atoms. The van der Waals surface area contributed by atoms with Gasteiger partial charge in [-0.15, -0.1) is 0 Å². The predicted octanol–water partition coefficient (Wildman–Crippen LogP) is 2.01. The maximum Gasteiger partial charge on any atom is 0.303 e. The quantitative estimate of drug-likeness (QED) is 0.870. The maximum absolute atomic E-state index is 12.2. The number of fused-ring (bicyclic) bond motifs is 1. The number of nitrogens with zero attached hydrogens (tertiary/aromatic N) is 1. The molecule has 0 aliphatic carbocycles. The highest BCUT2D eigenvalue weighted by atomic mass is 16.5. The first-order valence-corrected chi connectivity index (χ1v) is 7.23. The van der Waals surface area contributed by atoms with Crippen molar-refractivity contribution in [2.75, 3.05) is 20.2 Å². The van der Waals surface area contributed by atoms with E-state index in [-0.39, 0.29) is 18.4 Å². The summed E-state index contributed by atoms with van der Waals surface area (Å²) in [5.41, 5.74) is 2.34. The van der Waals surface area contributed by atoms with Gasteiger partial charge in [-0.2, -0.15) is 0 Å². The molecule has 1 N–H and O–H groups in total. The van der Waals surface area contributed by atoms with Gasteiger partial charge in [-0.3, -0.25) is 9.59 Å². The van der Waals surface area contributed by atoms with E-state index in [0.29, 0.717) is 26.0 Å². The molecule has 1 amide bonds. The molecule has 1 aromatic rings. The zero-order valence-electron chi connectivity index (χ0n) is 12.2. The van der Waals surface area contributed by atoms with Crippen molar-refractivity contribution < 1.29 is 19.4 Å². The molecule has 1 aliphatic heterocycles. The first-order chi connectivity index (χ1) is 10.1. The second-order valence-corrected chi connectivity index (χ2v) is 5.32. The fourth-order valence-corrected chi connectivity index (χ4v) is 2.55. The summed E-state index contributed by atoms with van der Waals surface area (Å²) in [6.45, 7) is 1.09. The molecule has 114 valence electrons. The fraction of sp³-hybridized carbons (Fsp3) is 0.500. The number of carboxylic acids is 1. The van der Waals surface area contributed by atoms with Gasteiger partial charge in [0, 0.05) is 20.0 Å². The van der Waals surface area contributed by atoms with Gasteiger partial charge in [-0.1, -0.05) is 24.3 Å². The Morgan fingerprint density at radius 2 is 2.14 bits per heavy atom. The lowest BCUT2D eigenvalue weighted by molar-refractivity contribution is -0.138. The third-order valence-corrected chi connectivity index (χ3v) is 3.76. The molecule has 0 radical (unpaired) electrons. The second-order valence-electron chi connectivity index (χ2n) is 5.32. The number of amides is 1. The Labute approximate surface area is 124 Å². The molecule has 0 aromatic heterocycles. The number of ether oxygens (including phenoxy) is 1. The summed E-state index contributed by atoms with van der Waals surface area (Å²) >= 11 is 0. The Morgan fingerprint density at radius 1 is 1.38 bits per heavy atom. The van der Waals surface area contributed by atoms with Crippen LogP contribution in [0.4, 0.5) is 0 Å². The van der Waals surface area contributed by atoms with Gasteiger partial charge >= 0.3 is 5.97 Å². The lowest BCUT2D eigenvalue weighted by atomic mass is 9.95. The third kappa shape index (κ3) is 4.29. The highest BCUT2D eigenvalue weighted by Crippen LogP contribution is 2.29. The first kappa shape index (κ1) is 15.5. The topological polar surface area (TPSA) is 66.8 Å². The lowest BCUT2D eigenvalue weighted by Crippen LogP contribution is -2.31. The molecular formula is C16H21NO4. The molecule has 0 fully saturated rings. The van der Waals surface area contributed by atoms with E-state index in [0.717, 1.165) is 12.0 Å². The van der Waals surface area contributed by atoms with Crippen LogP contribution in [0.5, 0.6) is 0 Å². The van der Waals surface area contributed by atoms with Crippen LogP contribution in [0.2, 0.25) is 0 Å². The molecule has 1 aromatic carbocycles. The monoisotopic (exact) mass is 291 g/mol. The van der Waals surface area contributed by atoms with Gasteiger partial charge in [0.1, 0.15) is 0 Å². The molecule has 2 rings (SSSR count). The van der Waals surface area contributed by atoms with Crippen molar-refractivity contribution in [1.82, 2.24) is 4.90 Å². The summed E-state index contributed by atoms with van der Waals surface area (Å²) in [5.74, 6) is -0.845. The molecule has 0 saturated carbocycles. The van der Waals surface area contributed by atoms with Crippen molar-refractivity contribution in [3.8, 4) is 0 Å². The second kappa shape index (κ2) is 7.22. The van der Waals surface area contributed by atoms with Gasteiger partial charge in [-0.25, -0.2) is 0 Å². The van der Waals surface area contributed by atoms with E-state index >= 15 is 0 Å². The standard InChI is InChI=1S/C16H21NO4/c1-17(9-4-7-16(19)20)15(18)11-14-13-6-3-2-5-12(13)8-10-21-14/h2-3,5-6,14H,4,7-11H2,1H3,(H,19,20). The molecule has 1 unspecified atom stereocenters. The SMILES string of the molecule is CN(CCCC(=O)O)C(=O)CC1OCCc2ccccc21. The average Bonchev–Trinajstić information content (AvgIpc) is 2.47. The molecule has 0 saturated heterocycles. The van der Waals surface area contributed by atoms with Crippen molar-refractivity contribution in [3.63, 3.8) is 0 Å². The van der Waals surface area contributed by atoms with Crippen LogP contribution in [0.15, 0.2) is 24.3 Å². The number of benzene rings is 1. The normalized spacial score (nSPS) is 17.1. The minimum atomic E-state index is -0.833. The molecule has 1 heterocycles. The van der Waals surface area contributed by atoms with E-state index in [2.05, 4.69) is 6.07 Å². The molecule has 0 spiro atoms. The van der Waals surface area contributed by atoms with E-state index in [4.69, 9.17) is 9.84 Å². The summed E-state index contributed by atoms with van der Waals surface area (Å²) in [7, 11) is 1.71. The van der Waals surface area contributed by atoms with Crippen LogP contribution in [0.1, 0.15) is 36.5 Å². The Balaban J connectivity index is 1.90. The van der Waals surface area contributed by atoms with Crippen LogP contribution in [0.25, 0.3) is 0 Å². The number of carbonyl (C=O) groups is 2. The molecule has 1 atom stereocenters. The molecule has 1 aliphatic rings. The Kier molecular flexibility index (Phi) is 5.33. The summed E-state index contributed by atoms with van der Waals surface area (Å²) in [6.07, 6.45) is 1.56. The Hall–Kier alpha value is -1.88. The van der Waals surface area contributed by atoms with Gasteiger partial charge in [0.2, 0.25) is 5.91 Å². The van der Waals surface area contributed by atoms with Gasteiger partial charge in [0.25, 0.3) is 0 Å². The summed E-state index contributed by atoms with van der Waals surface area (Å²) in [6, 6.07) is 8.05. The van der Waals surface area contributed by atoms with Gasteiger partial charge in [0.15, 0.2) is 0 Å². The highest BCUT2D eigenvalue weighted by Gasteiger charge is 2.24. The van der Waals surface area contributed by atoms with Crippen molar-refractivity contribution in [2.45, 2.75) is 31.8 Å². The summed E-state index contributed by atoms with van der Waals surface area (Å²) in [5, 5.41) is 8.61. The third-order valence-electron chi connectivity index (χ3n) is 3.76. The smallest absolute Gasteiger partial charge is 0.303 e. The number of hydrogen-bond donors (Lipinski definition) is 1. The van der Waals surface area contributed by atoms with Crippen LogP contribution in [-0.4, -0.2) is 42.1 Å². The molecular weight excluding hydrogens is 270 g/mol. The first-order valence-electron chi connectivity index (χ1n) is 7.23. The van der Waals surface area contributed by atoms with Gasteiger partial charge in [0.05, 0.1) is 19.1 Å². The van der Waals surface area contributed by atoms with Crippen molar-refractivity contribution in [2.24, 2.45) is 0 Å². The Bertz CT molecular complexity index is 515. The minimum absolute atomic E-state index is 0.0120. The summed E-state index contributed by atoms with van der Waals surface area (Å²) in [4.78, 5) is 24.3. The van der Waals surface area contributed by atoms with Gasteiger partial charge < -0.3 is 14.7 Å². The van der Waals surface area contributed by atoms with E-state index in [1.54, 1.807) is 11.9 Å². The largest absolute Gasteiger partial charge is 0.481 e. The highest BCUT2D eigenvalue weighted by molar-refractivity contribution is 5.76. The van der Waals surface area contributed by atoms with Crippen LogP contribution in [-0.2, 0) is 20.7 Å². The summed E-state index contributed by atoms with van der Waals surface area (Å²) < 4.78 is 5.73. The van der Waals surface area contributed by atoms with Crippen LogP contribution < -0.4 is 0 Å². The number of hydrogen-bond acceptors (Lipinski definition) is 3. The van der Waals surface area contributed by atoms with Crippen molar-refractivity contribution >= 4 is 11.9 Å². The number of aliphatic carboxylic acids is 1. The number of carboxylic acid groups (broad SMARTS) is 1. The minimum Gasteiger partial charge on any atom is -0.481 e. The van der Waals surface area contributed by atoms with E-state index in [1.807, 2.05) is 18.2 Å². The van der Waals surface area contributed by atoms with E-state index in [9.17, 15) is 9.59 Å². The predicted molar refractivity (Wildman–Crippen MR) is 78.0 cm³/mol. The van der Waals surface area contributed by atoms with Crippen LogP contribution >= 0.6 is 0 Å². The van der Waals surface area contributed by atoms with E-state index in [1.165, 1.54) is 5.56 Å². The Morgan fingerprint density at radius 3 is 2.90 bits per heavy atom.